The smallest absolute Gasteiger partial charge is 0.253 e. The number of aliphatic imine (C=N–C) groups is 2. The van der Waals surface area contributed by atoms with E-state index in [0.717, 1.165) is 69.0 Å². The maximum Gasteiger partial charge on any atom is 0.253 e. The van der Waals surface area contributed by atoms with Gasteiger partial charge in [-0.3, -0.25) is 9.59 Å². The first-order valence-corrected chi connectivity index (χ1v) is 15.3. The molecule has 0 fully saturated rings. The van der Waals surface area contributed by atoms with E-state index in [0.29, 0.717) is 29.4 Å². The Bertz CT molecular complexity index is 1220. The molecular formula is C34H48N6O2. The van der Waals surface area contributed by atoms with Crippen molar-refractivity contribution in [2.24, 2.45) is 21.8 Å². The van der Waals surface area contributed by atoms with Crippen molar-refractivity contribution in [3.05, 3.63) is 65.9 Å². The number of benzene rings is 2. The minimum absolute atomic E-state index is 0.0611. The monoisotopic (exact) mass is 572 g/mol. The van der Waals surface area contributed by atoms with Gasteiger partial charge in [-0.25, -0.2) is 9.98 Å². The highest BCUT2D eigenvalue weighted by Gasteiger charge is 2.18. The molecule has 2 N–H and O–H groups in total. The number of Topliss-reactive ketones (excluding diaryl/α,β-unsaturated/α-hetero) is 1. The fourth-order valence-corrected chi connectivity index (χ4v) is 4.46. The minimum Gasteiger partial charge on any atom is -0.383 e. The Kier molecular flexibility index (Phi) is 13.3. The number of rotatable bonds is 17. The van der Waals surface area contributed by atoms with Crippen molar-refractivity contribution in [1.82, 2.24) is 9.80 Å². The molecule has 0 spiro atoms. The lowest BCUT2D eigenvalue weighted by Crippen LogP contribution is -2.34. The summed E-state index contributed by atoms with van der Waals surface area (Å²) >= 11 is 0. The van der Waals surface area contributed by atoms with Crippen LogP contribution < -0.4 is 10.6 Å². The van der Waals surface area contributed by atoms with Crippen molar-refractivity contribution in [3.8, 4) is 0 Å². The Morgan fingerprint density at radius 1 is 1.02 bits per heavy atom. The number of carbonyl (C=O) groups is 2. The van der Waals surface area contributed by atoms with Gasteiger partial charge in [0.05, 0.1) is 24.1 Å². The van der Waals surface area contributed by atoms with Crippen LogP contribution in [-0.4, -0.2) is 66.9 Å². The van der Waals surface area contributed by atoms with Gasteiger partial charge in [-0.05, 0) is 79.6 Å². The summed E-state index contributed by atoms with van der Waals surface area (Å²) < 4.78 is 0. The second-order valence-electron chi connectivity index (χ2n) is 11.6. The molecule has 0 atom stereocenters. The summed E-state index contributed by atoms with van der Waals surface area (Å²) in [5.41, 5.74) is 3.78. The first-order chi connectivity index (χ1) is 20.3. The second kappa shape index (κ2) is 17.1. The molecule has 0 bridgehead atoms. The van der Waals surface area contributed by atoms with Crippen LogP contribution in [0.1, 0.15) is 81.0 Å². The molecule has 0 aromatic heterocycles. The summed E-state index contributed by atoms with van der Waals surface area (Å²) in [5.74, 6) is 1.25. The lowest BCUT2D eigenvalue weighted by Gasteiger charge is -2.25. The van der Waals surface area contributed by atoms with Gasteiger partial charge in [0, 0.05) is 62.2 Å². The number of hydrogen-bond donors (Lipinski definition) is 2. The first kappa shape index (κ1) is 32.6. The highest BCUT2D eigenvalue weighted by atomic mass is 16.2. The summed E-state index contributed by atoms with van der Waals surface area (Å²) in [5, 5.41) is 6.71. The molecule has 0 unspecified atom stereocenters. The summed E-state index contributed by atoms with van der Waals surface area (Å²) in [7, 11) is 0. The molecule has 1 amide bonds. The minimum atomic E-state index is 0.0611. The van der Waals surface area contributed by atoms with E-state index in [-0.39, 0.29) is 11.7 Å². The van der Waals surface area contributed by atoms with Gasteiger partial charge in [-0.1, -0.05) is 34.6 Å². The largest absolute Gasteiger partial charge is 0.383 e. The summed E-state index contributed by atoms with van der Waals surface area (Å²) in [4.78, 5) is 38.6. The molecule has 2 aromatic rings. The van der Waals surface area contributed by atoms with Crippen LogP contribution in [0.25, 0.3) is 0 Å². The highest BCUT2D eigenvalue weighted by Crippen LogP contribution is 2.27. The van der Waals surface area contributed by atoms with Crippen molar-refractivity contribution in [3.63, 3.8) is 0 Å². The van der Waals surface area contributed by atoms with Gasteiger partial charge >= 0.3 is 0 Å². The molecule has 42 heavy (non-hydrogen) atoms. The highest BCUT2D eigenvalue weighted by molar-refractivity contribution is 5.97. The normalized spacial score (nSPS) is 12.9. The fraction of sp³-hybridized carbons (Fsp3) is 0.471. The van der Waals surface area contributed by atoms with Crippen molar-refractivity contribution >= 4 is 41.4 Å². The van der Waals surface area contributed by atoms with E-state index in [2.05, 4.69) is 53.2 Å². The Morgan fingerprint density at radius 3 is 2.33 bits per heavy atom. The van der Waals surface area contributed by atoms with Crippen molar-refractivity contribution in [1.29, 1.82) is 0 Å². The van der Waals surface area contributed by atoms with E-state index in [1.807, 2.05) is 72.9 Å². The van der Waals surface area contributed by atoms with Gasteiger partial charge in [0.2, 0.25) is 0 Å². The molecule has 226 valence electrons. The average Bonchev–Trinajstić information content (AvgIpc) is 2.99. The molecule has 0 aliphatic carbocycles. The third-order valence-electron chi connectivity index (χ3n) is 7.15. The third kappa shape index (κ3) is 10.8. The number of anilines is 2. The number of hydrogen-bond acceptors (Lipinski definition) is 6. The predicted molar refractivity (Wildman–Crippen MR) is 176 cm³/mol. The van der Waals surface area contributed by atoms with Crippen molar-refractivity contribution in [2.75, 3.05) is 43.4 Å². The zero-order chi connectivity index (χ0) is 30.3. The molecule has 3 rings (SSSR count). The zero-order valence-electron chi connectivity index (χ0n) is 26.0. The molecule has 1 heterocycles. The van der Waals surface area contributed by atoms with Crippen molar-refractivity contribution in [2.45, 2.75) is 60.3 Å². The van der Waals surface area contributed by atoms with Crippen LogP contribution in [0.4, 0.5) is 17.1 Å². The number of ketones is 1. The van der Waals surface area contributed by atoms with E-state index in [1.165, 1.54) is 0 Å². The maximum atomic E-state index is 13.7. The predicted octanol–water partition coefficient (Wildman–Crippen LogP) is 7.25. The first-order valence-electron chi connectivity index (χ1n) is 15.3. The topological polar surface area (TPSA) is 89.4 Å². The molecule has 0 saturated carbocycles. The Morgan fingerprint density at radius 2 is 1.71 bits per heavy atom. The SMILES string of the molecule is CCC(=O)c1ccc(NC=Nc2ccc(C(=O)N(CCC(C)C)CCC(C)C)cc2NCCCN2C=NC=CC2)cc1. The zero-order valence-corrected chi connectivity index (χ0v) is 26.0. The third-order valence-corrected chi connectivity index (χ3v) is 7.15. The second-order valence-corrected chi connectivity index (χ2v) is 11.6. The van der Waals surface area contributed by atoms with E-state index < -0.39 is 0 Å². The van der Waals surface area contributed by atoms with E-state index >= 15 is 0 Å². The van der Waals surface area contributed by atoms with Crippen molar-refractivity contribution < 1.29 is 9.59 Å². The average molecular weight is 573 g/mol. The van der Waals surface area contributed by atoms with Crippen LogP contribution in [-0.2, 0) is 0 Å². The van der Waals surface area contributed by atoms with E-state index in [9.17, 15) is 9.59 Å². The molecule has 8 nitrogen and oxygen atoms in total. The quantitative estimate of drug-likeness (QED) is 0.0902. The van der Waals surface area contributed by atoms with Crippen LogP contribution in [0.2, 0.25) is 0 Å². The van der Waals surface area contributed by atoms with Crippen LogP contribution in [0.3, 0.4) is 0 Å². The van der Waals surface area contributed by atoms with Gasteiger partial charge in [0.25, 0.3) is 5.91 Å². The molecule has 8 heteroatoms. The number of nitrogens with one attached hydrogen (secondary N) is 2. The summed E-state index contributed by atoms with van der Waals surface area (Å²) in [6.07, 6.45) is 10.7. The van der Waals surface area contributed by atoms with Crippen LogP contribution in [0.15, 0.2) is 64.7 Å². The molecule has 1 aliphatic rings. The molecular weight excluding hydrogens is 524 g/mol. The molecule has 0 radical (unpaired) electrons. The van der Waals surface area contributed by atoms with E-state index in [4.69, 9.17) is 0 Å². The molecule has 2 aromatic carbocycles. The Hall–Kier alpha value is -3.94. The number of amides is 1. The van der Waals surface area contributed by atoms with Gasteiger partial charge in [0.15, 0.2) is 5.78 Å². The molecule has 0 saturated heterocycles. The van der Waals surface area contributed by atoms with Gasteiger partial charge < -0.3 is 20.4 Å². The maximum absolute atomic E-state index is 13.7. The van der Waals surface area contributed by atoms with E-state index in [1.54, 1.807) is 6.34 Å². The Balaban J connectivity index is 1.75. The lowest BCUT2D eigenvalue weighted by atomic mass is 10.1. The van der Waals surface area contributed by atoms with Crippen LogP contribution >= 0.6 is 0 Å². The van der Waals surface area contributed by atoms with Gasteiger partial charge in [-0.2, -0.15) is 0 Å². The number of carbonyl (C=O) groups excluding carboxylic acids is 2. The Labute approximate surface area is 252 Å². The van der Waals surface area contributed by atoms with Gasteiger partial charge in [0.1, 0.15) is 0 Å². The number of nitrogens with zero attached hydrogens (tertiary/aromatic N) is 4. The van der Waals surface area contributed by atoms with Crippen LogP contribution in [0.5, 0.6) is 0 Å². The molecule has 1 aliphatic heterocycles. The fourth-order valence-electron chi connectivity index (χ4n) is 4.46. The van der Waals surface area contributed by atoms with Crippen LogP contribution in [0, 0.1) is 11.8 Å². The summed E-state index contributed by atoms with van der Waals surface area (Å²) in [6, 6.07) is 13.1. The standard InChI is InChI=1S/C34H48N6O2/c1-6-33(41)28-9-12-30(13-10-28)37-24-38-31-14-11-29(34(42)40(21-15-26(2)3)22-16-27(4)5)23-32(31)36-18-8-20-39-19-7-17-35-25-39/h7,9-14,17,23-27,36H,6,8,15-16,18-22H2,1-5H3,(H,37,38). The lowest BCUT2D eigenvalue weighted by molar-refractivity contribution is 0.0740. The summed E-state index contributed by atoms with van der Waals surface area (Å²) in [6.45, 7) is 14.6. The van der Waals surface area contributed by atoms with Gasteiger partial charge in [-0.15, -0.1) is 0 Å².